The molecule has 0 amide bonds. The normalized spacial score (nSPS) is 20.7. The van der Waals surface area contributed by atoms with Gasteiger partial charge in [-0.1, -0.05) is 29.8 Å². The molecule has 2 saturated heterocycles. The summed E-state index contributed by atoms with van der Waals surface area (Å²) < 4.78 is 62.6. The van der Waals surface area contributed by atoms with Crippen LogP contribution in [0, 0.1) is 11.8 Å². The molecule has 2 aromatic carbocycles. The number of anilines is 2. The minimum Gasteiger partial charge on any atom is -0.384 e. The van der Waals surface area contributed by atoms with Crippen molar-refractivity contribution >= 4 is 49.1 Å². The summed E-state index contributed by atoms with van der Waals surface area (Å²) in [5, 5.41) is 6.03. The molecule has 0 saturated carbocycles. The fourth-order valence-corrected chi connectivity index (χ4v) is 7.32. The van der Waals surface area contributed by atoms with Crippen LogP contribution in [0.15, 0.2) is 60.9 Å². The van der Waals surface area contributed by atoms with E-state index in [4.69, 9.17) is 10.5 Å². The van der Waals surface area contributed by atoms with E-state index in [1.54, 1.807) is 38.7 Å². The van der Waals surface area contributed by atoms with Crippen LogP contribution in [0.5, 0.6) is 0 Å². The average Bonchev–Trinajstić information content (AvgIpc) is 3.11. The average molecular weight is 780 g/mol. The van der Waals surface area contributed by atoms with Crippen molar-refractivity contribution in [1.29, 1.82) is 0 Å². The number of rotatable bonds is 10. The Balaban J connectivity index is 0.000000204. The molecular weight excluding hydrogens is 728 g/mol. The third-order valence-electron chi connectivity index (χ3n) is 9.08. The van der Waals surface area contributed by atoms with Crippen molar-refractivity contribution in [2.24, 2.45) is 17.6 Å². The monoisotopic (exact) mass is 778 g/mol. The first kappa shape index (κ1) is 40.7. The maximum Gasteiger partial charge on any atom is 0.265 e. The number of methoxy groups -OCH3 is 2. The fourth-order valence-electron chi connectivity index (χ4n) is 7.00. The summed E-state index contributed by atoms with van der Waals surface area (Å²) in [7, 11) is 3.38. The van der Waals surface area contributed by atoms with Crippen molar-refractivity contribution in [2.45, 2.75) is 51.6 Å². The molecule has 2 aromatic heterocycles. The summed E-state index contributed by atoms with van der Waals surface area (Å²) in [5.74, 6) is 1.02. The van der Waals surface area contributed by atoms with Crippen LogP contribution in [0.1, 0.15) is 50.7 Å². The highest BCUT2D eigenvalue weighted by Gasteiger charge is 2.27. The largest absolute Gasteiger partial charge is 0.384 e. The van der Waals surface area contributed by atoms with Crippen molar-refractivity contribution in [3.63, 3.8) is 0 Å². The number of hydrogen-bond donors (Lipinski definition) is 2. The zero-order valence-corrected chi connectivity index (χ0v) is 31.5. The van der Waals surface area contributed by atoms with E-state index >= 15 is 0 Å². The molecule has 4 aromatic rings. The van der Waals surface area contributed by atoms with Crippen LogP contribution >= 0.6 is 15.9 Å². The van der Waals surface area contributed by atoms with Crippen LogP contribution in [0.4, 0.5) is 28.9 Å². The zero-order chi connectivity index (χ0) is 36.9. The molecule has 2 aliphatic rings. The summed E-state index contributed by atoms with van der Waals surface area (Å²) in [6.45, 7) is 10.1. The summed E-state index contributed by atoms with van der Waals surface area (Å²) in [6, 6.07) is 14.4. The second-order valence-corrected chi connectivity index (χ2v) is 14.1. The third kappa shape index (κ3) is 11.2. The number of nitrogens with zero attached hydrogens (tertiary/aromatic N) is 4. The first-order chi connectivity index (χ1) is 24.6. The molecule has 0 unspecified atom stereocenters. The topological polar surface area (TPSA) is 88.8 Å². The Morgan fingerprint density at radius 2 is 1.27 bits per heavy atom. The van der Waals surface area contributed by atoms with Gasteiger partial charge in [0.1, 0.15) is 0 Å². The van der Waals surface area contributed by atoms with Crippen molar-refractivity contribution in [3.05, 3.63) is 72.1 Å². The van der Waals surface area contributed by atoms with Gasteiger partial charge in [-0.2, -0.15) is 0 Å². The van der Waals surface area contributed by atoms with Gasteiger partial charge in [0.2, 0.25) is 0 Å². The van der Waals surface area contributed by atoms with Gasteiger partial charge < -0.3 is 30.3 Å². The SMILES string of the molecule is COCCBr.COCCN[C@@H]1C[C@H](C)CN(c2ccc(C(F)F)c3ncccc23)C1.C[C@H]1C[C@@H](N)CN(c2ccc(C(F)F)c3ncccc23)C1. The third-order valence-corrected chi connectivity index (χ3v) is 9.40. The van der Waals surface area contributed by atoms with Gasteiger partial charge in [0, 0.05) is 110 Å². The number of aromatic nitrogens is 2. The first-order valence-corrected chi connectivity index (χ1v) is 18.5. The van der Waals surface area contributed by atoms with E-state index in [1.807, 2.05) is 24.3 Å². The number of nitrogens with two attached hydrogens (primary N) is 1. The van der Waals surface area contributed by atoms with Gasteiger partial charge in [-0.25, -0.2) is 17.6 Å². The van der Waals surface area contributed by atoms with E-state index in [0.717, 1.165) is 79.6 Å². The highest BCUT2D eigenvalue weighted by Crippen LogP contribution is 2.36. The minimum atomic E-state index is -2.52. The molecule has 280 valence electrons. The van der Waals surface area contributed by atoms with Gasteiger partial charge in [-0.15, -0.1) is 0 Å². The maximum atomic E-state index is 13.3. The van der Waals surface area contributed by atoms with Crippen LogP contribution in [-0.4, -0.2) is 87.5 Å². The van der Waals surface area contributed by atoms with E-state index in [-0.39, 0.29) is 17.2 Å². The molecule has 2 aliphatic heterocycles. The molecule has 0 spiro atoms. The lowest BCUT2D eigenvalue weighted by Crippen LogP contribution is -2.49. The molecule has 0 radical (unpaired) electrons. The summed E-state index contributed by atoms with van der Waals surface area (Å²) in [5.41, 5.74) is 8.81. The van der Waals surface area contributed by atoms with Crippen LogP contribution < -0.4 is 20.9 Å². The first-order valence-electron chi connectivity index (χ1n) is 17.4. The van der Waals surface area contributed by atoms with E-state index in [1.165, 1.54) is 12.1 Å². The number of pyridine rings is 2. The summed E-state index contributed by atoms with van der Waals surface area (Å²) in [6.07, 6.45) is 0.205. The maximum absolute atomic E-state index is 13.3. The predicted molar refractivity (Wildman–Crippen MR) is 203 cm³/mol. The van der Waals surface area contributed by atoms with Gasteiger partial charge in [-0.05, 0) is 73.2 Å². The standard InChI is InChI=1S/C19H25F2N3O.C16H19F2N3.C3H7BrO/c1-13-10-14(22-8-9-25-2)12-24(11-13)17-6-5-16(19(20)21)18-15(17)4-3-7-23-18;1-10-7-11(19)9-21(8-10)14-5-4-13(16(17)18)15-12(14)3-2-6-20-15;1-5-3-2-4/h3-7,13-14,19,22H,8-12H2,1-2H3;2-6,10-11,16H,7-9,19H2,1H3;2-3H2,1H3/t13-,14+;10-,11+;/m00./s1. The lowest BCUT2D eigenvalue weighted by Gasteiger charge is -2.39. The Bertz CT molecular complexity index is 1640. The van der Waals surface area contributed by atoms with Gasteiger partial charge in [0.05, 0.1) is 24.2 Å². The second-order valence-electron chi connectivity index (χ2n) is 13.3. The van der Waals surface area contributed by atoms with E-state index in [9.17, 15) is 17.6 Å². The number of ether oxygens (including phenoxy) is 2. The number of alkyl halides is 5. The highest BCUT2D eigenvalue weighted by molar-refractivity contribution is 9.09. The number of hydrogen-bond acceptors (Lipinski definition) is 8. The lowest BCUT2D eigenvalue weighted by atomic mass is 9.94. The zero-order valence-electron chi connectivity index (χ0n) is 29.9. The Kier molecular flexibility index (Phi) is 16.1. The number of halogens is 5. The van der Waals surface area contributed by atoms with E-state index in [0.29, 0.717) is 35.5 Å². The smallest absolute Gasteiger partial charge is 0.265 e. The molecule has 13 heteroatoms. The van der Waals surface area contributed by atoms with E-state index in [2.05, 4.69) is 59.6 Å². The van der Waals surface area contributed by atoms with Crippen LogP contribution in [0.3, 0.4) is 0 Å². The number of fused-ring (bicyclic) bond motifs is 2. The quantitative estimate of drug-likeness (QED) is 0.0952. The molecule has 8 nitrogen and oxygen atoms in total. The van der Waals surface area contributed by atoms with Crippen molar-refractivity contribution < 1.29 is 27.0 Å². The van der Waals surface area contributed by atoms with Crippen molar-refractivity contribution in [3.8, 4) is 0 Å². The van der Waals surface area contributed by atoms with Crippen molar-refractivity contribution in [1.82, 2.24) is 15.3 Å². The molecule has 4 atom stereocenters. The Hall–Kier alpha value is -3.10. The molecule has 3 N–H and O–H groups in total. The molecule has 0 bridgehead atoms. The Labute approximate surface area is 307 Å². The highest BCUT2D eigenvalue weighted by atomic mass is 79.9. The summed E-state index contributed by atoms with van der Waals surface area (Å²) in [4.78, 5) is 12.9. The minimum absolute atomic E-state index is 0.000762. The number of benzene rings is 2. The predicted octanol–water partition coefficient (Wildman–Crippen LogP) is 8.00. The van der Waals surface area contributed by atoms with Gasteiger partial charge in [0.25, 0.3) is 12.9 Å². The van der Waals surface area contributed by atoms with Crippen LogP contribution in [0.2, 0.25) is 0 Å². The molecule has 51 heavy (non-hydrogen) atoms. The van der Waals surface area contributed by atoms with Gasteiger partial charge in [0.15, 0.2) is 0 Å². The molecule has 0 aliphatic carbocycles. The molecule has 2 fully saturated rings. The molecule has 4 heterocycles. The van der Waals surface area contributed by atoms with Crippen molar-refractivity contribution in [2.75, 3.05) is 75.3 Å². The van der Waals surface area contributed by atoms with Crippen LogP contribution in [-0.2, 0) is 9.47 Å². The van der Waals surface area contributed by atoms with Gasteiger partial charge >= 0.3 is 0 Å². The van der Waals surface area contributed by atoms with E-state index < -0.39 is 12.9 Å². The lowest BCUT2D eigenvalue weighted by molar-refractivity contribution is 0.152. The Morgan fingerprint density at radius 1 is 0.765 bits per heavy atom. The second kappa shape index (κ2) is 20.2. The van der Waals surface area contributed by atoms with Gasteiger partial charge in [-0.3, -0.25) is 9.97 Å². The van der Waals surface area contributed by atoms with Crippen LogP contribution in [0.25, 0.3) is 21.8 Å². The fraction of sp³-hybridized carbons (Fsp3) is 0.526. The molecule has 6 rings (SSSR count). The number of nitrogens with one attached hydrogen (secondary N) is 1. The molecular formula is C38H51BrF4N6O2. The number of piperidine rings is 2. The Morgan fingerprint density at radius 3 is 1.73 bits per heavy atom. The summed E-state index contributed by atoms with van der Waals surface area (Å²) >= 11 is 3.18.